The Labute approximate surface area is 280 Å². The van der Waals surface area contributed by atoms with E-state index in [1.807, 2.05) is 13.0 Å². The molecule has 0 bridgehead atoms. The molecule has 0 radical (unpaired) electrons. The zero-order valence-corrected chi connectivity index (χ0v) is 26.3. The van der Waals surface area contributed by atoms with Crippen molar-refractivity contribution in [1.82, 2.24) is 0 Å². The van der Waals surface area contributed by atoms with Gasteiger partial charge in [-0.2, -0.15) is 8.78 Å². The maximum atomic E-state index is 15.3. The Bertz CT molecular complexity index is 1830. The molecule has 1 fully saturated rings. The predicted octanol–water partition coefficient (Wildman–Crippen LogP) is 12.5. The van der Waals surface area contributed by atoms with Gasteiger partial charge >= 0.3 is 12.5 Å². The molecule has 0 atom stereocenters. The van der Waals surface area contributed by atoms with Gasteiger partial charge < -0.3 is 9.47 Å². The van der Waals surface area contributed by atoms with Crippen molar-refractivity contribution >= 4 is 0 Å². The summed E-state index contributed by atoms with van der Waals surface area (Å²) in [6.45, 7) is 1.99. The SMILES string of the molecule is CC=CCCC1CCC(c2ccc(-c3ccc(-c4cc(F)c(C(F)(F)Oc5cc(F)c(OC(F)(F)F)c(F)c5)c(F)c4)c(F)c3)c(F)c2)CC1. The van der Waals surface area contributed by atoms with Crippen molar-refractivity contribution in [2.75, 3.05) is 0 Å². The maximum Gasteiger partial charge on any atom is 0.573 e. The van der Waals surface area contributed by atoms with E-state index in [1.54, 1.807) is 6.07 Å². The highest BCUT2D eigenvalue weighted by molar-refractivity contribution is 5.72. The smallest absolute Gasteiger partial charge is 0.429 e. The molecule has 0 aliphatic heterocycles. The van der Waals surface area contributed by atoms with Gasteiger partial charge in [-0.1, -0.05) is 36.4 Å². The standard InChI is InChI=1S/C37H29F11O2/c1-2-3-4-5-20-6-8-21(9-7-20)22-10-12-26(28(38)14-22)23-11-13-27(29(39)15-23)24-16-30(40)34(31(41)17-24)36(44,45)49-25-18-32(42)35(33(43)19-25)50-37(46,47)48/h2-3,10-21H,4-9H2,1H3. The van der Waals surface area contributed by atoms with Crippen molar-refractivity contribution in [3.63, 3.8) is 0 Å². The minimum atomic E-state index is -5.52. The van der Waals surface area contributed by atoms with Gasteiger partial charge in [0.15, 0.2) is 11.6 Å². The number of alkyl halides is 5. The molecule has 0 aromatic heterocycles. The van der Waals surface area contributed by atoms with Gasteiger partial charge in [-0.25, -0.2) is 26.3 Å². The Hall–Kier alpha value is -4.55. The van der Waals surface area contributed by atoms with Crippen molar-refractivity contribution in [3.8, 4) is 33.8 Å². The lowest BCUT2D eigenvalue weighted by molar-refractivity contribution is -0.276. The van der Waals surface area contributed by atoms with E-state index in [0.29, 0.717) is 18.1 Å². The van der Waals surface area contributed by atoms with Crippen LogP contribution in [0.15, 0.2) is 72.8 Å². The molecule has 4 aromatic carbocycles. The number of hydrogen-bond acceptors (Lipinski definition) is 2. The molecule has 1 saturated carbocycles. The van der Waals surface area contributed by atoms with E-state index in [4.69, 9.17) is 0 Å². The lowest BCUT2D eigenvalue weighted by Gasteiger charge is -2.28. The fourth-order valence-electron chi connectivity index (χ4n) is 6.23. The molecular formula is C37H29F11O2. The highest BCUT2D eigenvalue weighted by Gasteiger charge is 2.42. The summed E-state index contributed by atoms with van der Waals surface area (Å²) >= 11 is 0. The first-order valence-electron chi connectivity index (χ1n) is 15.6. The normalized spacial score (nSPS) is 17.0. The molecule has 0 unspecified atom stereocenters. The van der Waals surface area contributed by atoms with Crippen molar-refractivity contribution in [2.24, 2.45) is 5.92 Å². The van der Waals surface area contributed by atoms with Gasteiger partial charge in [0, 0.05) is 23.3 Å². The van der Waals surface area contributed by atoms with E-state index < -0.39 is 75.6 Å². The fraction of sp³-hybridized carbons (Fsp3) is 0.297. The third kappa shape index (κ3) is 8.42. The summed E-state index contributed by atoms with van der Waals surface area (Å²) in [5, 5.41) is 0. The van der Waals surface area contributed by atoms with E-state index in [-0.39, 0.29) is 29.2 Å². The van der Waals surface area contributed by atoms with E-state index in [9.17, 15) is 39.5 Å². The van der Waals surface area contributed by atoms with Crippen LogP contribution in [0.3, 0.4) is 0 Å². The van der Waals surface area contributed by atoms with Crippen LogP contribution in [0, 0.1) is 40.8 Å². The van der Waals surface area contributed by atoms with Gasteiger partial charge in [0.25, 0.3) is 0 Å². The lowest BCUT2D eigenvalue weighted by Crippen LogP contribution is -2.25. The first-order valence-corrected chi connectivity index (χ1v) is 15.6. The zero-order valence-electron chi connectivity index (χ0n) is 26.3. The van der Waals surface area contributed by atoms with Crippen molar-refractivity contribution in [2.45, 2.75) is 63.8 Å². The minimum Gasteiger partial charge on any atom is -0.429 e. The number of rotatable bonds is 10. The average Bonchev–Trinajstić information content (AvgIpc) is 3.02. The molecule has 0 amide bonds. The first-order chi connectivity index (χ1) is 23.6. The van der Waals surface area contributed by atoms with Gasteiger partial charge in [-0.3, -0.25) is 0 Å². The Kier molecular flexibility index (Phi) is 10.8. The minimum absolute atomic E-state index is 0.0783. The van der Waals surface area contributed by atoms with Crippen LogP contribution >= 0.6 is 0 Å². The van der Waals surface area contributed by atoms with E-state index in [1.165, 1.54) is 18.2 Å². The molecule has 1 aliphatic carbocycles. The summed E-state index contributed by atoms with van der Waals surface area (Å²) in [7, 11) is 0. The van der Waals surface area contributed by atoms with Gasteiger partial charge in [0.05, 0.1) is 0 Å². The molecule has 0 spiro atoms. The van der Waals surface area contributed by atoms with Crippen LogP contribution < -0.4 is 9.47 Å². The summed E-state index contributed by atoms with van der Waals surface area (Å²) in [5.74, 6) is -12.3. The molecular weight excluding hydrogens is 685 g/mol. The number of allylic oxidation sites excluding steroid dienone is 2. The van der Waals surface area contributed by atoms with Gasteiger partial charge in [-0.05, 0) is 98.2 Å². The highest BCUT2D eigenvalue weighted by atomic mass is 19.4. The van der Waals surface area contributed by atoms with Crippen LogP contribution in [0.4, 0.5) is 48.3 Å². The molecule has 2 nitrogen and oxygen atoms in total. The average molecular weight is 715 g/mol. The Morgan fingerprint density at radius 1 is 0.640 bits per heavy atom. The van der Waals surface area contributed by atoms with Crippen LogP contribution in [0.5, 0.6) is 11.5 Å². The van der Waals surface area contributed by atoms with Gasteiger partial charge in [-0.15, -0.1) is 13.2 Å². The third-order valence-corrected chi connectivity index (χ3v) is 8.65. The lowest BCUT2D eigenvalue weighted by atomic mass is 9.77. The van der Waals surface area contributed by atoms with E-state index >= 15 is 8.78 Å². The number of benzene rings is 4. The van der Waals surface area contributed by atoms with E-state index in [2.05, 4.69) is 15.5 Å². The summed E-state index contributed by atoms with van der Waals surface area (Å²) in [6.07, 6.45) is -0.198. The highest BCUT2D eigenvalue weighted by Crippen LogP contribution is 2.41. The molecule has 0 N–H and O–H groups in total. The number of hydrogen-bond donors (Lipinski definition) is 0. The van der Waals surface area contributed by atoms with Crippen molar-refractivity contribution in [1.29, 1.82) is 0 Å². The van der Waals surface area contributed by atoms with Crippen molar-refractivity contribution < 1.29 is 57.8 Å². The molecule has 0 saturated heterocycles. The second-order valence-electron chi connectivity index (χ2n) is 12.0. The van der Waals surface area contributed by atoms with Gasteiger partial charge in [0.2, 0.25) is 5.75 Å². The summed E-state index contributed by atoms with van der Waals surface area (Å²) in [6, 6.07) is 8.57. The van der Waals surface area contributed by atoms with Crippen LogP contribution in [-0.2, 0) is 6.11 Å². The van der Waals surface area contributed by atoms with Crippen molar-refractivity contribution in [3.05, 3.63) is 119 Å². The summed E-state index contributed by atoms with van der Waals surface area (Å²) in [5.41, 5.74) is -1.94. The zero-order chi connectivity index (χ0) is 36.4. The second-order valence-corrected chi connectivity index (χ2v) is 12.0. The predicted molar refractivity (Wildman–Crippen MR) is 163 cm³/mol. The van der Waals surface area contributed by atoms with Crippen LogP contribution in [0.1, 0.15) is 62.5 Å². The summed E-state index contributed by atoms with van der Waals surface area (Å²) in [4.78, 5) is 0. The first kappa shape index (κ1) is 36.7. The molecule has 1 aliphatic rings. The Morgan fingerprint density at radius 2 is 1.20 bits per heavy atom. The quantitative estimate of drug-likeness (QED) is 0.120. The molecule has 0 heterocycles. The Morgan fingerprint density at radius 3 is 1.76 bits per heavy atom. The number of ether oxygens (including phenoxy) is 2. The molecule has 4 aromatic rings. The van der Waals surface area contributed by atoms with Gasteiger partial charge in [0.1, 0.15) is 34.6 Å². The van der Waals surface area contributed by atoms with Crippen LogP contribution in [-0.4, -0.2) is 6.36 Å². The molecule has 5 rings (SSSR count). The molecule has 266 valence electrons. The monoisotopic (exact) mass is 714 g/mol. The summed E-state index contributed by atoms with van der Waals surface area (Å²) < 4.78 is 162. The topological polar surface area (TPSA) is 18.5 Å². The van der Waals surface area contributed by atoms with Crippen LogP contribution in [0.25, 0.3) is 22.3 Å². The Balaban J connectivity index is 1.32. The molecule has 13 heteroatoms. The fourth-order valence-corrected chi connectivity index (χ4v) is 6.23. The largest absolute Gasteiger partial charge is 0.573 e. The maximum absolute atomic E-state index is 15.3. The molecule has 50 heavy (non-hydrogen) atoms. The number of halogens is 11. The van der Waals surface area contributed by atoms with Crippen LogP contribution in [0.2, 0.25) is 0 Å². The van der Waals surface area contributed by atoms with E-state index in [0.717, 1.165) is 56.2 Å². The third-order valence-electron chi connectivity index (χ3n) is 8.65. The second kappa shape index (κ2) is 14.7.